The average molecular weight is 186 g/mol. The number of para-hydroxylation sites is 1. The minimum atomic E-state index is -0.480. The highest BCUT2D eigenvalue weighted by molar-refractivity contribution is 6.18. The largest absolute Gasteiger partial charge is 0.390 e. The zero-order valence-corrected chi connectivity index (χ0v) is 7.46. The number of anilines is 1. The first kappa shape index (κ1) is 9.36. The van der Waals surface area contributed by atoms with Gasteiger partial charge in [0.25, 0.3) is 0 Å². The predicted octanol–water partition coefficient (Wildman–Crippen LogP) is 1.70. The van der Waals surface area contributed by atoms with Gasteiger partial charge in [0.2, 0.25) is 0 Å². The second kappa shape index (κ2) is 5.01. The van der Waals surface area contributed by atoms with E-state index in [-0.39, 0.29) is 5.88 Å². The molecule has 0 unspecified atom stereocenters. The molecule has 0 bridgehead atoms. The molecule has 0 heterocycles. The van der Waals surface area contributed by atoms with Crippen LogP contribution in [-0.2, 0) is 0 Å². The molecule has 0 aliphatic heterocycles. The molecular formula is C9H12ClNO. The molecule has 2 nitrogen and oxygen atoms in total. The highest BCUT2D eigenvalue weighted by atomic mass is 35.5. The van der Waals surface area contributed by atoms with Gasteiger partial charge in [0, 0.05) is 12.2 Å². The van der Waals surface area contributed by atoms with E-state index in [2.05, 4.69) is 5.32 Å². The van der Waals surface area contributed by atoms with Crippen molar-refractivity contribution < 1.29 is 5.11 Å². The number of hydrogen-bond acceptors (Lipinski definition) is 2. The van der Waals surface area contributed by atoms with E-state index in [1.54, 1.807) is 0 Å². The molecule has 66 valence electrons. The van der Waals surface area contributed by atoms with Gasteiger partial charge in [-0.2, -0.15) is 0 Å². The van der Waals surface area contributed by atoms with Gasteiger partial charge in [-0.3, -0.25) is 0 Å². The molecule has 12 heavy (non-hydrogen) atoms. The van der Waals surface area contributed by atoms with Crippen LogP contribution in [0.25, 0.3) is 0 Å². The van der Waals surface area contributed by atoms with E-state index in [9.17, 15) is 0 Å². The van der Waals surface area contributed by atoms with Crippen molar-refractivity contribution in [2.45, 2.75) is 6.10 Å². The highest BCUT2D eigenvalue weighted by Gasteiger charge is 1.99. The molecule has 0 fully saturated rings. The quantitative estimate of drug-likeness (QED) is 0.700. The topological polar surface area (TPSA) is 32.3 Å². The number of aliphatic hydroxyl groups excluding tert-OH is 1. The van der Waals surface area contributed by atoms with E-state index in [4.69, 9.17) is 16.7 Å². The van der Waals surface area contributed by atoms with Crippen molar-refractivity contribution in [2.75, 3.05) is 17.7 Å². The molecule has 0 spiro atoms. The van der Waals surface area contributed by atoms with Crippen LogP contribution in [0.2, 0.25) is 0 Å². The van der Waals surface area contributed by atoms with Crippen LogP contribution >= 0.6 is 11.6 Å². The van der Waals surface area contributed by atoms with E-state index in [0.29, 0.717) is 6.54 Å². The van der Waals surface area contributed by atoms with Crippen LogP contribution in [0, 0.1) is 0 Å². The van der Waals surface area contributed by atoms with Crippen LogP contribution in [0.4, 0.5) is 5.69 Å². The Morgan fingerprint density at radius 3 is 2.58 bits per heavy atom. The maximum absolute atomic E-state index is 9.12. The molecule has 0 saturated heterocycles. The second-order valence-corrected chi connectivity index (χ2v) is 2.86. The van der Waals surface area contributed by atoms with Gasteiger partial charge >= 0.3 is 0 Å². The number of hydrogen-bond donors (Lipinski definition) is 2. The van der Waals surface area contributed by atoms with Gasteiger partial charge in [-0.15, -0.1) is 11.6 Å². The molecule has 3 heteroatoms. The Hall–Kier alpha value is -0.730. The van der Waals surface area contributed by atoms with Crippen LogP contribution < -0.4 is 5.32 Å². The van der Waals surface area contributed by atoms with E-state index in [1.807, 2.05) is 30.3 Å². The molecule has 1 atom stereocenters. The maximum atomic E-state index is 9.12. The molecule has 1 rings (SSSR count). The first-order chi connectivity index (χ1) is 5.83. The lowest BCUT2D eigenvalue weighted by molar-refractivity contribution is 0.211. The number of halogens is 1. The predicted molar refractivity (Wildman–Crippen MR) is 51.7 cm³/mol. The van der Waals surface area contributed by atoms with Gasteiger partial charge in [0.15, 0.2) is 0 Å². The number of rotatable bonds is 4. The van der Waals surface area contributed by atoms with E-state index in [1.165, 1.54) is 0 Å². The molecule has 0 aliphatic carbocycles. The lowest BCUT2D eigenvalue weighted by Gasteiger charge is -2.09. The maximum Gasteiger partial charge on any atom is 0.0847 e. The molecule has 2 N–H and O–H groups in total. The highest BCUT2D eigenvalue weighted by Crippen LogP contribution is 2.04. The van der Waals surface area contributed by atoms with Crippen molar-refractivity contribution in [1.29, 1.82) is 0 Å². The standard InChI is InChI=1S/C9H12ClNO/c10-6-9(12)7-11-8-4-2-1-3-5-8/h1-5,9,11-12H,6-7H2/t9-/m1/s1. The number of alkyl halides is 1. The smallest absolute Gasteiger partial charge is 0.0847 e. The lowest BCUT2D eigenvalue weighted by atomic mass is 10.3. The fourth-order valence-electron chi connectivity index (χ4n) is 0.846. The molecule has 0 saturated carbocycles. The molecule has 0 aromatic heterocycles. The summed E-state index contributed by atoms with van der Waals surface area (Å²) in [5, 5.41) is 12.2. The van der Waals surface area contributed by atoms with Crippen molar-refractivity contribution in [3.8, 4) is 0 Å². The fourth-order valence-corrected chi connectivity index (χ4v) is 0.955. The van der Waals surface area contributed by atoms with Gasteiger partial charge in [-0.25, -0.2) is 0 Å². The molecule has 0 amide bonds. The van der Waals surface area contributed by atoms with Crippen LogP contribution in [0.15, 0.2) is 30.3 Å². The summed E-state index contributed by atoms with van der Waals surface area (Å²) in [5.41, 5.74) is 1.00. The normalized spacial score (nSPS) is 12.5. The van der Waals surface area contributed by atoms with Crippen molar-refractivity contribution >= 4 is 17.3 Å². The molecule has 0 aliphatic rings. The summed E-state index contributed by atoms with van der Waals surface area (Å²) in [4.78, 5) is 0. The summed E-state index contributed by atoms with van der Waals surface area (Å²) >= 11 is 5.43. The second-order valence-electron chi connectivity index (χ2n) is 2.56. The SMILES string of the molecule is O[C@H](CCl)CNc1ccccc1. The van der Waals surface area contributed by atoms with Crippen LogP contribution in [-0.4, -0.2) is 23.6 Å². The molecule has 1 aromatic carbocycles. The summed E-state index contributed by atoms with van der Waals surface area (Å²) in [6.45, 7) is 0.494. The summed E-state index contributed by atoms with van der Waals surface area (Å²) in [5.74, 6) is 0.264. The minimum Gasteiger partial charge on any atom is -0.390 e. The first-order valence-corrected chi connectivity index (χ1v) is 4.39. The number of nitrogens with one attached hydrogen (secondary N) is 1. The molecule has 0 radical (unpaired) electrons. The third-order valence-electron chi connectivity index (χ3n) is 1.49. The van der Waals surface area contributed by atoms with Crippen LogP contribution in [0.1, 0.15) is 0 Å². The summed E-state index contributed by atoms with van der Waals surface area (Å²) < 4.78 is 0. The zero-order chi connectivity index (χ0) is 8.81. The Bertz CT molecular complexity index is 215. The van der Waals surface area contributed by atoms with Gasteiger partial charge in [0.05, 0.1) is 12.0 Å². The monoisotopic (exact) mass is 185 g/mol. The average Bonchev–Trinajstić information content (AvgIpc) is 2.16. The van der Waals surface area contributed by atoms with Gasteiger partial charge in [-0.05, 0) is 12.1 Å². The summed E-state index contributed by atoms with van der Waals surface area (Å²) in [7, 11) is 0. The van der Waals surface area contributed by atoms with Crippen LogP contribution in [0.3, 0.4) is 0 Å². The Morgan fingerprint density at radius 2 is 2.00 bits per heavy atom. The third kappa shape index (κ3) is 3.11. The van der Waals surface area contributed by atoms with Crippen molar-refractivity contribution in [1.82, 2.24) is 0 Å². The lowest BCUT2D eigenvalue weighted by Crippen LogP contribution is -2.20. The van der Waals surface area contributed by atoms with Gasteiger partial charge in [0.1, 0.15) is 0 Å². The Kier molecular flexibility index (Phi) is 3.91. The fraction of sp³-hybridized carbons (Fsp3) is 0.333. The van der Waals surface area contributed by atoms with Gasteiger partial charge < -0.3 is 10.4 Å². The van der Waals surface area contributed by atoms with E-state index < -0.39 is 6.10 Å². The van der Waals surface area contributed by atoms with Crippen molar-refractivity contribution in [3.05, 3.63) is 30.3 Å². The van der Waals surface area contributed by atoms with Crippen molar-refractivity contribution in [3.63, 3.8) is 0 Å². The first-order valence-electron chi connectivity index (χ1n) is 3.86. The third-order valence-corrected chi connectivity index (χ3v) is 1.85. The Balaban J connectivity index is 2.33. The van der Waals surface area contributed by atoms with Crippen molar-refractivity contribution in [2.24, 2.45) is 0 Å². The molecular weight excluding hydrogens is 174 g/mol. The zero-order valence-electron chi connectivity index (χ0n) is 6.70. The summed E-state index contributed by atoms with van der Waals surface area (Å²) in [6.07, 6.45) is -0.480. The van der Waals surface area contributed by atoms with Crippen LogP contribution in [0.5, 0.6) is 0 Å². The minimum absolute atomic E-state index is 0.264. The van der Waals surface area contributed by atoms with E-state index >= 15 is 0 Å². The number of aliphatic hydroxyl groups is 1. The number of benzene rings is 1. The van der Waals surface area contributed by atoms with Gasteiger partial charge in [-0.1, -0.05) is 18.2 Å². The Labute approximate surface area is 77.2 Å². The Morgan fingerprint density at radius 1 is 1.33 bits per heavy atom. The summed E-state index contributed by atoms with van der Waals surface area (Å²) in [6, 6.07) is 9.72. The molecule has 1 aromatic rings. The van der Waals surface area contributed by atoms with E-state index in [0.717, 1.165) is 5.69 Å².